The van der Waals surface area contributed by atoms with Gasteiger partial charge in [0.15, 0.2) is 0 Å². The second-order valence-corrected chi connectivity index (χ2v) is 7.74. The van der Waals surface area contributed by atoms with E-state index in [1.807, 2.05) is 0 Å². The summed E-state index contributed by atoms with van der Waals surface area (Å²) in [6, 6.07) is 0.831. The maximum atomic E-state index is 12.3. The molecule has 0 aromatic carbocycles. The van der Waals surface area contributed by atoms with Gasteiger partial charge < -0.3 is 10.6 Å². The summed E-state index contributed by atoms with van der Waals surface area (Å²) < 4.78 is 0. The van der Waals surface area contributed by atoms with Crippen molar-refractivity contribution in [1.29, 1.82) is 0 Å². The molecule has 0 saturated heterocycles. The molecule has 2 saturated carbocycles. The molecule has 0 radical (unpaired) electrons. The van der Waals surface area contributed by atoms with Crippen molar-refractivity contribution in [3.8, 4) is 0 Å². The zero-order valence-electron chi connectivity index (χ0n) is 14.2. The molecular formula is C18H34N2O. The first-order chi connectivity index (χ1) is 10.1. The van der Waals surface area contributed by atoms with Crippen molar-refractivity contribution in [2.45, 2.75) is 90.6 Å². The van der Waals surface area contributed by atoms with E-state index in [4.69, 9.17) is 0 Å². The minimum atomic E-state index is 0.0756. The first kappa shape index (κ1) is 16.6. The van der Waals surface area contributed by atoms with Gasteiger partial charge in [0.2, 0.25) is 0 Å². The highest BCUT2D eigenvalue weighted by Gasteiger charge is 2.31. The molecule has 3 nitrogen and oxygen atoms in total. The van der Waals surface area contributed by atoms with Crippen LogP contribution in [0.25, 0.3) is 0 Å². The molecule has 2 N–H and O–H groups in total. The number of hydrogen-bond acceptors (Lipinski definition) is 1. The topological polar surface area (TPSA) is 41.1 Å². The lowest BCUT2D eigenvalue weighted by Gasteiger charge is -2.38. The summed E-state index contributed by atoms with van der Waals surface area (Å²) in [5, 5.41) is 6.53. The van der Waals surface area contributed by atoms with Crippen LogP contribution in [0.3, 0.4) is 0 Å². The average molecular weight is 294 g/mol. The van der Waals surface area contributed by atoms with Gasteiger partial charge in [-0.05, 0) is 43.4 Å². The molecule has 0 spiro atoms. The van der Waals surface area contributed by atoms with E-state index < -0.39 is 0 Å². The lowest BCUT2D eigenvalue weighted by Crippen LogP contribution is -2.51. The van der Waals surface area contributed by atoms with Crippen LogP contribution in [0.1, 0.15) is 78.6 Å². The van der Waals surface area contributed by atoms with E-state index >= 15 is 0 Å². The van der Waals surface area contributed by atoms with E-state index in [9.17, 15) is 4.79 Å². The molecule has 0 aromatic heterocycles. The Morgan fingerprint density at radius 2 is 1.62 bits per heavy atom. The van der Waals surface area contributed by atoms with Crippen molar-refractivity contribution in [2.24, 2.45) is 17.8 Å². The number of carbonyl (C=O) groups excluding carboxylic acids is 1. The predicted octanol–water partition coefficient (Wildman–Crippen LogP) is 4.47. The maximum Gasteiger partial charge on any atom is 0.315 e. The second kappa shape index (κ2) is 8.05. The third-order valence-corrected chi connectivity index (χ3v) is 5.53. The van der Waals surface area contributed by atoms with Crippen molar-refractivity contribution in [3.05, 3.63) is 0 Å². The molecule has 3 heteroatoms. The van der Waals surface area contributed by atoms with Crippen LogP contribution in [-0.2, 0) is 0 Å². The summed E-state index contributed by atoms with van der Waals surface area (Å²) >= 11 is 0. The van der Waals surface area contributed by atoms with Crippen LogP contribution >= 0.6 is 0 Å². The highest BCUT2D eigenvalue weighted by molar-refractivity contribution is 5.74. The fraction of sp³-hybridized carbons (Fsp3) is 0.944. The monoisotopic (exact) mass is 294 g/mol. The Hall–Kier alpha value is -0.730. The Morgan fingerprint density at radius 1 is 0.952 bits per heavy atom. The van der Waals surface area contributed by atoms with Gasteiger partial charge in [0.05, 0.1) is 0 Å². The third kappa shape index (κ3) is 5.19. The highest BCUT2D eigenvalue weighted by Crippen LogP contribution is 2.33. The van der Waals surface area contributed by atoms with Crippen molar-refractivity contribution >= 4 is 6.03 Å². The number of urea groups is 1. The molecule has 0 aromatic rings. The fourth-order valence-corrected chi connectivity index (χ4v) is 4.19. The molecule has 0 aliphatic heterocycles. The standard InChI is InChI=1S/C18H34N2O/c1-13(2)16-11-10-14(3)12-17(16)20-18(21)19-15-8-6-4-5-7-9-15/h13-17H,4-12H2,1-3H3,(H2,19,20,21)/t14-,16+,17-/m1/s1. The Kier molecular flexibility index (Phi) is 6.38. The number of rotatable bonds is 3. The zero-order valence-corrected chi connectivity index (χ0v) is 14.2. The van der Waals surface area contributed by atoms with Gasteiger partial charge in [-0.25, -0.2) is 4.79 Å². The first-order valence-electron chi connectivity index (χ1n) is 9.13. The van der Waals surface area contributed by atoms with Crippen LogP contribution in [0.5, 0.6) is 0 Å². The quantitative estimate of drug-likeness (QED) is 0.741. The smallest absolute Gasteiger partial charge is 0.315 e. The third-order valence-electron chi connectivity index (χ3n) is 5.53. The van der Waals surface area contributed by atoms with E-state index in [1.54, 1.807) is 0 Å². The minimum Gasteiger partial charge on any atom is -0.335 e. The largest absolute Gasteiger partial charge is 0.335 e. The van der Waals surface area contributed by atoms with Crippen LogP contribution in [0.2, 0.25) is 0 Å². The van der Waals surface area contributed by atoms with Gasteiger partial charge in [-0.1, -0.05) is 52.9 Å². The number of nitrogens with one attached hydrogen (secondary N) is 2. The minimum absolute atomic E-state index is 0.0756. The van der Waals surface area contributed by atoms with E-state index in [0.717, 1.165) is 25.2 Å². The predicted molar refractivity (Wildman–Crippen MR) is 88.3 cm³/mol. The SMILES string of the molecule is CC(C)[C@@H]1CC[C@@H](C)C[C@H]1NC(=O)NC1CCCCCC1. The molecule has 122 valence electrons. The van der Waals surface area contributed by atoms with Gasteiger partial charge in [0.1, 0.15) is 0 Å². The number of hydrogen-bond donors (Lipinski definition) is 2. The zero-order chi connectivity index (χ0) is 15.2. The molecule has 0 heterocycles. The van der Waals surface area contributed by atoms with Gasteiger partial charge in [0, 0.05) is 12.1 Å². The van der Waals surface area contributed by atoms with E-state index in [-0.39, 0.29) is 6.03 Å². The van der Waals surface area contributed by atoms with E-state index in [2.05, 4.69) is 31.4 Å². The summed E-state index contributed by atoms with van der Waals surface area (Å²) in [6.45, 7) is 6.89. The van der Waals surface area contributed by atoms with Gasteiger partial charge in [-0.15, -0.1) is 0 Å². The van der Waals surface area contributed by atoms with Crippen molar-refractivity contribution in [1.82, 2.24) is 10.6 Å². The molecule has 21 heavy (non-hydrogen) atoms. The normalized spacial score (nSPS) is 31.7. The Labute approximate surface area is 130 Å². The molecular weight excluding hydrogens is 260 g/mol. The van der Waals surface area contributed by atoms with Gasteiger partial charge >= 0.3 is 6.03 Å². The molecule has 3 atom stereocenters. The average Bonchev–Trinajstić information content (AvgIpc) is 2.66. The van der Waals surface area contributed by atoms with Crippen molar-refractivity contribution < 1.29 is 4.79 Å². The lowest BCUT2D eigenvalue weighted by molar-refractivity contribution is 0.167. The Morgan fingerprint density at radius 3 is 2.24 bits per heavy atom. The van der Waals surface area contributed by atoms with Crippen LogP contribution < -0.4 is 10.6 Å². The summed E-state index contributed by atoms with van der Waals surface area (Å²) in [6.07, 6.45) is 11.2. The van der Waals surface area contributed by atoms with Crippen LogP contribution in [0.15, 0.2) is 0 Å². The molecule has 2 amide bonds. The molecule has 2 aliphatic carbocycles. The molecule has 2 fully saturated rings. The van der Waals surface area contributed by atoms with Gasteiger partial charge in [0.25, 0.3) is 0 Å². The first-order valence-corrected chi connectivity index (χ1v) is 9.13. The Bertz CT molecular complexity index is 321. The summed E-state index contributed by atoms with van der Waals surface area (Å²) in [4.78, 5) is 12.3. The lowest BCUT2D eigenvalue weighted by atomic mass is 9.74. The van der Waals surface area contributed by atoms with Crippen LogP contribution in [0.4, 0.5) is 4.79 Å². The van der Waals surface area contributed by atoms with Gasteiger partial charge in [-0.2, -0.15) is 0 Å². The Balaban J connectivity index is 1.84. The maximum absolute atomic E-state index is 12.3. The van der Waals surface area contributed by atoms with Crippen LogP contribution in [0, 0.1) is 17.8 Å². The summed E-state index contributed by atoms with van der Waals surface area (Å²) in [5.74, 6) is 2.03. The fourth-order valence-electron chi connectivity index (χ4n) is 4.19. The molecule has 2 rings (SSSR count). The molecule has 0 unspecified atom stereocenters. The molecule has 0 bridgehead atoms. The van der Waals surface area contributed by atoms with Gasteiger partial charge in [-0.3, -0.25) is 0 Å². The van der Waals surface area contributed by atoms with Crippen molar-refractivity contribution in [3.63, 3.8) is 0 Å². The van der Waals surface area contributed by atoms with E-state index in [1.165, 1.54) is 38.5 Å². The van der Waals surface area contributed by atoms with Crippen molar-refractivity contribution in [2.75, 3.05) is 0 Å². The molecule has 2 aliphatic rings. The summed E-state index contributed by atoms with van der Waals surface area (Å²) in [7, 11) is 0. The van der Waals surface area contributed by atoms with E-state index in [0.29, 0.717) is 23.9 Å². The summed E-state index contributed by atoms with van der Waals surface area (Å²) in [5.41, 5.74) is 0. The highest BCUT2D eigenvalue weighted by atomic mass is 16.2. The number of carbonyl (C=O) groups is 1. The second-order valence-electron chi connectivity index (χ2n) is 7.74. The number of amides is 2. The van der Waals surface area contributed by atoms with Crippen LogP contribution in [-0.4, -0.2) is 18.1 Å².